The quantitative estimate of drug-likeness (QED) is 0.137. The van der Waals surface area contributed by atoms with E-state index in [9.17, 15) is 18.0 Å². The fraction of sp³-hybridized carbons (Fsp3) is 0.297. The van der Waals surface area contributed by atoms with Crippen molar-refractivity contribution < 1.29 is 18.0 Å². The molecular formula is C37H41Cl2N3O4S. The van der Waals surface area contributed by atoms with Crippen molar-refractivity contribution in [3.63, 3.8) is 0 Å². The molecule has 4 aromatic carbocycles. The van der Waals surface area contributed by atoms with Gasteiger partial charge in [-0.2, -0.15) is 0 Å². The van der Waals surface area contributed by atoms with E-state index < -0.39 is 28.5 Å². The summed E-state index contributed by atoms with van der Waals surface area (Å²) in [5.41, 5.74) is 4.39. The van der Waals surface area contributed by atoms with Gasteiger partial charge in [-0.25, -0.2) is 8.42 Å². The van der Waals surface area contributed by atoms with Crippen molar-refractivity contribution in [3.05, 3.63) is 129 Å². The average Bonchev–Trinajstić information content (AvgIpc) is 3.04. The molecule has 4 aromatic rings. The Bertz CT molecular complexity index is 1780. The van der Waals surface area contributed by atoms with Crippen LogP contribution in [0.1, 0.15) is 47.6 Å². The first-order chi connectivity index (χ1) is 22.4. The molecule has 0 saturated carbocycles. The third-order valence-corrected chi connectivity index (χ3v) is 10.7. The van der Waals surface area contributed by atoms with Gasteiger partial charge in [0.1, 0.15) is 12.6 Å². The lowest BCUT2D eigenvalue weighted by Crippen LogP contribution is -2.53. The maximum absolute atomic E-state index is 14.7. The number of carbonyl (C=O) groups excluding carboxylic acids is 2. The molecule has 47 heavy (non-hydrogen) atoms. The smallest absolute Gasteiger partial charge is 0.264 e. The van der Waals surface area contributed by atoms with Crippen LogP contribution in [-0.2, 0) is 32.6 Å². The molecular weight excluding hydrogens is 653 g/mol. The number of anilines is 1. The molecule has 7 nitrogen and oxygen atoms in total. The van der Waals surface area contributed by atoms with E-state index in [1.807, 2.05) is 64.1 Å². The zero-order valence-corrected chi connectivity index (χ0v) is 29.5. The maximum Gasteiger partial charge on any atom is 0.264 e. The molecule has 0 saturated heterocycles. The molecule has 0 aliphatic carbocycles. The predicted molar refractivity (Wildman–Crippen MR) is 190 cm³/mol. The Hall–Kier alpha value is -3.85. The number of amides is 2. The second-order valence-corrected chi connectivity index (χ2v) is 14.3. The number of carbonyl (C=O) groups is 2. The zero-order valence-electron chi connectivity index (χ0n) is 27.2. The van der Waals surface area contributed by atoms with Gasteiger partial charge in [0.15, 0.2) is 0 Å². The van der Waals surface area contributed by atoms with Crippen LogP contribution in [0, 0.1) is 20.8 Å². The van der Waals surface area contributed by atoms with Crippen LogP contribution >= 0.6 is 23.2 Å². The summed E-state index contributed by atoms with van der Waals surface area (Å²) >= 11 is 13.2. The van der Waals surface area contributed by atoms with Gasteiger partial charge < -0.3 is 10.2 Å². The molecule has 1 N–H and O–H groups in total. The summed E-state index contributed by atoms with van der Waals surface area (Å²) in [6.45, 7) is 7.49. The minimum absolute atomic E-state index is 0.0490. The largest absolute Gasteiger partial charge is 0.354 e. The number of benzene rings is 4. The number of hydrogen-bond donors (Lipinski definition) is 1. The first-order valence-electron chi connectivity index (χ1n) is 15.6. The van der Waals surface area contributed by atoms with Gasteiger partial charge >= 0.3 is 0 Å². The van der Waals surface area contributed by atoms with Gasteiger partial charge in [-0.15, -0.1) is 0 Å². The molecule has 0 aliphatic heterocycles. The van der Waals surface area contributed by atoms with Crippen LogP contribution in [0.2, 0.25) is 10.0 Å². The van der Waals surface area contributed by atoms with Crippen molar-refractivity contribution >= 4 is 50.7 Å². The summed E-state index contributed by atoms with van der Waals surface area (Å²) in [6.07, 6.45) is 1.84. The number of unbranched alkanes of at least 4 members (excludes halogenated alkanes) is 1. The second-order valence-electron chi connectivity index (χ2n) is 11.7. The van der Waals surface area contributed by atoms with Crippen molar-refractivity contribution in [1.29, 1.82) is 0 Å². The van der Waals surface area contributed by atoms with E-state index in [4.69, 9.17) is 23.2 Å². The topological polar surface area (TPSA) is 86.8 Å². The molecule has 0 unspecified atom stereocenters. The van der Waals surface area contributed by atoms with Crippen molar-refractivity contribution in [2.75, 3.05) is 17.4 Å². The normalized spacial score (nSPS) is 12.0. The first-order valence-corrected chi connectivity index (χ1v) is 17.8. The highest BCUT2D eigenvalue weighted by Crippen LogP contribution is 2.30. The van der Waals surface area contributed by atoms with E-state index in [1.54, 1.807) is 42.5 Å². The molecule has 0 fully saturated rings. The Labute approximate surface area is 288 Å². The molecule has 0 radical (unpaired) electrons. The molecule has 2 amide bonds. The Balaban J connectivity index is 1.84. The molecule has 1 atom stereocenters. The number of nitrogens with zero attached hydrogens (tertiary/aromatic N) is 2. The fourth-order valence-electron chi connectivity index (χ4n) is 5.16. The van der Waals surface area contributed by atoms with E-state index in [2.05, 4.69) is 5.32 Å². The highest BCUT2D eigenvalue weighted by molar-refractivity contribution is 7.92. The third kappa shape index (κ3) is 9.15. The van der Waals surface area contributed by atoms with Crippen molar-refractivity contribution in [2.24, 2.45) is 0 Å². The molecule has 0 heterocycles. The molecule has 0 aromatic heterocycles. The summed E-state index contributed by atoms with van der Waals surface area (Å²) in [4.78, 5) is 30.0. The summed E-state index contributed by atoms with van der Waals surface area (Å²) in [7, 11) is -4.21. The standard InChI is InChI=1S/C37H41Cl2N3O4S/c1-5-6-21-40-37(44)35(23-29-11-8-7-9-12-29)41(24-32-33(38)13-10-14-34(32)39)36(43)25-42(30-18-17-27(3)28(4)22-30)47(45,46)31-19-15-26(2)16-20-31/h7-20,22,35H,5-6,21,23-25H2,1-4H3,(H,40,44)/t35-/m1/s1. The Morgan fingerprint density at radius 3 is 2.11 bits per heavy atom. The van der Waals surface area contributed by atoms with Crippen LogP contribution in [0.5, 0.6) is 0 Å². The van der Waals surface area contributed by atoms with Crippen LogP contribution < -0.4 is 9.62 Å². The number of nitrogens with one attached hydrogen (secondary N) is 1. The molecule has 10 heteroatoms. The number of hydrogen-bond acceptors (Lipinski definition) is 4. The van der Waals surface area contributed by atoms with Gasteiger partial charge in [0.05, 0.1) is 10.6 Å². The maximum atomic E-state index is 14.7. The fourth-order valence-corrected chi connectivity index (χ4v) is 7.08. The molecule has 0 bridgehead atoms. The summed E-state index contributed by atoms with van der Waals surface area (Å²) in [6, 6.07) is 25.2. The van der Waals surface area contributed by atoms with Crippen molar-refractivity contribution in [2.45, 2.75) is 64.4 Å². The third-order valence-electron chi connectivity index (χ3n) is 8.16. The van der Waals surface area contributed by atoms with Crippen LogP contribution in [0.4, 0.5) is 5.69 Å². The molecule has 248 valence electrons. The van der Waals surface area contributed by atoms with Gasteiger partial charge in [-0.05, 0) is 80.3 Å². The van der Waals surface area contributed by atoms with Gasteiger partial charge in [0, 0.05) is 35.1 Å². The molecule has 4 rings (SSSR count). The lowest BCUT2D eigenvalue weighted by atomic mass is 10.0. The van der Waals surface area contributed by atoms with Crippen LogP contribution in [-0.4, -0.2) is 44.3 Å². The summed E-state index contributed by atoms with van der Waals surface area (Å²) in [5, 5.41) is 3.65. The van der Waals surface area contributed by atoms with E-state index in [0.717, 1.165) is 39.4 Å². The van der Waals surface area contributed by atoms with Gasteiger partial charge in [0.2, 0.25) is 11.8 Å². The van der Waals surface area contributed by atoms with Crippen molar-refractivity contribution in [1.82, 2.24) is 10.2 Å². The molecule has 0 aliphatic rings. The number of aryl methyl sites for hydroxylation is 3. The van der Waals surface area contributed by atoms with Gasteiger partial charge in [-0.1, -0.05) is 96.7 Å². The van der Waals surface area contributed by atoms with E-state index >= 15 is 0 Å². The van der Waals surface area contributed by atoms with Gasteiger partial charge in [0.25, 0.3) is 10.0 Å². The Kier molecular flexibility index (Phi) is 12.5. The first kappa shape index (κ1) is 36.0. The Morgan fingerprint density at radius 2 is 1.49 bits per heavy atom. The highest BCUT2D eigenvalue weighted by Gasteiger charge is 2.35. The SMILES string of the molecule is CCCCNC(=O)[C@@H](Cc1ccccc1)N(Cc1c(Cl)cccc1Cl)C(=O)CN(c1ccc(C)c(C)c1)S(=O)(=O)c1ccc(C)cc1. The summed E-state index contributed by atoms with van der Waals surface area (Å²) < 4.78 is 29.6. The van der Waals surface area contributed by atoms with Crippen LogP contribution in [0.25, 0.3) is 0 Å². The van der Waals surface area contributed by atoms with E-state index in [1.165, 1.54) is 17.0 Å². The lowest BCUT2D eigenvalue weighted by molar-refractivity contribution is -0.140. The minimum atomic E-state index is -4.21. The van der Waals surface area contributed by atoms with Crippen molar-refractivity contribution in [3.8, 4) is 0 Å². The van der Waals surface area contributed by atoms with E-state index in [-0.39, 0.29) is 23.8 Å². The van der Waals surface area contributed by atoms with Crippen LogP contribution in [0.15, 0.2) is 95.9 Å². The van der Waals surface area contributed by atoms with E-state index in [0.29, 0.717) is 27.8 Å². The monoisotopic (exact) mass is 693 g/mol. The van der Waals surface area contributed by atoms with Gasteiger partial charge in [-0.3, -0.25) is 13.9 Å². The van der Waals surface area contributed by atoms with Crippen LogP contribution in [0.3, 0.4) is 0 Å². The second kappa shape index (κ2) is 16.3. The number of halogens is 2. The number of rotatable bonds is 14. The molecule has 0 spiro atoms. The Morgan fingerprint density at radius 1 is 0.830 bits per heavy atom. The average molecular weight is 695 g/mol. The minimum Gasteiger partial charge on any atom is -0.354 e. The number of sulfonamides is 1. The summed E-state index contributed by atoms with van der Waals surface area (Å²) in [5.74, 6) is -0.931. The highest BCUT2D eigenvalue weighted by atomic mass is 35.5. The zero-order chi connectivity index (χ0) is 34.1. The lowest BCUT2D eigenvalue weighted by Gasteiger charge is -2.34. The predicted octanol–water partition coefficient (Wildman–Crippen LogP) is 7.67.